The zero-order valence-corrected chi connectivity index (χ0v) is 33.6. The molecule has 0 aromatic carbocycles. The van der Waals surface area contributed by atoms with Crippen LogP contribution in [0.1, 0.15) is 155 Å². The smallest absolute Gasteiger partial charge is 0.351 e. The van der Waals surface area contributed by atoms with Crippen LogP contribution in [-0.4, -0.2) is 93.8 Å². The minimum atomic E-state index is -1.37. The molecule has 8 atom stereocenters. The summed E-state index contributed by atoms with van der Waals surface area (Å²) in [4.78, 5) is 52.4. The minimum absolute atomic E-state index is 0.135. The number of amides is 1. The molecule has 0 spiro atoms. The molecule has 0 radical (unpaired) electrons. The fraction of sp³-hybridized carbons (Fsp3) is 0.775. The Morgan fingerprint density at radius 1 is 0.754 bits per heavy atom. The maximum atomic E-state index is 13.0. The molecule has 2 saturated heterocycles. The van der Waals surface area contributed by atoms with Crippen LogP contribution in [-0.2, 0) is 14.3 Å². The number of ether oxygens (including phenoxy) is 2. The van der Waals surface area contributed by atoms with E-state index in [1.807, 2.05) is 0 Å². The van der Waals surface area contributed by atoms with E-state index in [1.54, 1.807) is 4.98 Å². The summed E-state index contributed by atoms with van der Waals surface area (Å²) in [5.74, 6) is -1.23. The number of aromatic amines is 1. The van der Waals surface area contributed by atoms with Crippen LogP contribution in [0.5, 0.6) is 0 Å². The van der Waals surface area contributed by atoms with Crippen molar-refractivity contribution in [3.63, 3.8) is 0 Å². The van der Waals surface area contributed by atoms with Gasteiger partial charge in [-0.2, -0.15) is 9.37 Å². The quantitative estimate of drug-likeness (QED) is 0.0747. The Labute approximate surface area is 333 Å². The number of nitrogens with zero attached hydrogens (tertiary/aromatic N) is 3. The molecular formula is C40H66FN5O11. The predicted octanol–water partition coefficient (Wildman–Crippen LogP) is 3.93. The van der Waals surface area contributed by atoms with Gasteiger partial charge in [-0.3, -0.25) is 23.7 Å². The van der Waals surface area contributed by atoms with Crippen LogP contribution in [0.25, 0.3) is 0 Å². The number of nitrogens with one attached hydrogen (secondary N) is 2. The Morgan fingerprint density at radius 3 is 1.70 bits per heavy atom. The van der Waals surface area contributed by atoms with Crippen molar-refractivity contribution in [2.24, 2.45) is 0 Å². The van der Waals surface area contributed by atoms with Crippen molar-refractivity contribution in [1.82, 2.24) is 19.1 Å². The molecule has 4 rings (SSSR count). The van der Waals surface area contributed by atoms with Crippen LogP contribution in [0.3, 0.4) is 0 Å². The van der Waals surface area contributed by atoms with Crippen LogP contribution >= 0.6 is 0 Å². The zero-order chi connectivity index (χ0) is 41.7. The Kier molecular flexibility index (Phi) is 21.8. The highest BCUT2D eigenvalue weighted by Crippen LogP contribution is 2.29. The highest BCUT2D eigenvalue weighted by atomic mass is 19.1. The van der Waals surface area contributed by atoms with Gasteiger partial charge in [0.1, 0.15) is 36.3 Å². The molecular weight excluding hydrogens is 745 g/mol. The van der Waals surface area contributed by atoms with Crippen molar-refractivity contribution in [3.8, 4) is 0 Å². The highest BCUT2D eigenvalue weighted by Gasteiger charge is 2.44. The third-order valence-electron chi connectivity index (χ3n) is 10.6. The summed E-state index contributed by atoms with van der Waals surface area (Å²) in [6.07, 6.45) is 17.9. The number of halogens is 1. The molecule has 324 valence electrons. The van der Waals surface area contributed by atoms with Crippen LogP contribution in [0.2, 0.25) is 0 Å². The lowest BCUT2D eigenvalue weighted by Gasteiger charge is -2.17. The summed E-state index contributed by atoms with van der Waals surface area (Å²) in [6.45, 7) is 3.29. The predicted molar refractivity (Wildman–Crippen MR) is 211 cm³/mol. The van der Waals surface area contributed by atoms with Crippen molar-refractivity contribution in [2.75, 3.05) is 11.9 Å². The number of carbonyl (C=O) groups excluding carboxylic acids is 1. The number of aliphatic hydroxyl groups is 5. The molecule has 0 saturated carbocycles. The lowest BCUT2D eigenvalue weighted by molar-refractivity contribution is -0.116. The first kappa shape index (κ1) is 48.1. The van der Waals surface area contributed by atoms with Crippen molar-refractivity contribution >= 4 is 11.7 Å². The van der Waals surface area contributed by atoms with Crippen LogP contribution in [0, 0.1) is 5.82 Å². The summed E-state index contributed by atoms with van der Waals surface area (Å²) in [5, 5.41) is 50.9. The number of anilines is 1. The first-order valence-corrected chi connectivity index (χ1v) is 20.9. The second kappa shape index (κ2) is 25.9. The molecule has 2 aromatic heterocycles. The second-order valence-electron chi connectivity index (χ2n) is 15.3. The Hall–Kier alpha value is -3.32. The van der Waals surface area contributed by atoms with E-state index in [9.17, 15) is 49.1 Å². The van der Waals surface area contributed by atoms with Crippen molar-refractivity contribution in [1.29, 1.82) is 0 Å². The number of hydrogen-bond donors (Lipinski definition) is 7. The van der Waals surface area contributed by atoms with Gasteiger partial charge in [0.2, 0.25) is 11.7 Å². The zero-order valence-electron chi connectivity index (χ0n) is 33.6. The monoisotopic (exact) mass is 811 g/mol. The number of hydrogen-bond acceptors (Lipinski definition) is 12. The fourth-order valence-electron chi connectivity index (χ4n) is 7.06. The molecule has 0 unspecified atom stereocenters. The van der Waals surface area contributed by atoms with E-state index >= 15 is 0 Å². The average molecular weight is 812 g/mol. The van der Waals surface area contributed by atoms with Crippen molar-refractivity contribution in [3.05, 3.63) is 55.6 Å². The van der Waals surface area contributed by atoms with E-state index in [0.29, 0.717) is 17.2 Å². The van der Waals surface area contributed by atoms with Gasteiger partial charge in [0, 0.05) is 12.6 Å². The third kappa shape index (κ3) is 15.8. The maximum absolute atomic E-state index is 13.0. The number of carbonyl (C=O) groups is 1. The van der Waals surface area contributed by atoms with Gasteiger partial charge >= 0.3 is 11.4 Å². The molecule has 0 aliphatic carbocycles. The molecule has 4 heterocycles. The lowest BCUT2D eigenvalue weighted by atomic mass is 10.0. The van der Waals surface area contributed by atoms with Crippen molar-refractivity contribution < 1.29 is 44.2 Å². The molecule has 57 heavy (non-hydrogen) atoms. The second-order valence-corrected chi connectivity index (χ2v) is 15.3. The van der Waals surface area contributed by atoms with E-state index in [0.717, 1.165) is 23.8 Å². The van der Waals surface area contributed by atoms with E-state index in [4.69, 9.17) is 9.47 Å². The topological polar surface area (TPSA) is 238 Å². The van der Waals surface area contributed by atoms with Crippen LogP contribution in [0.15, 0.2) is 32.8 Å². The minimum Gasteiger partial charge on any atom is -0.394 e. The van der Waals surface area contributed by atoms with Crippen molar-refractivity contribution in [2.45, 2.75) is 191 Å². The summed E-state index contributed by atoms with van der Waals surface area (Å²) >= 11 is 0. The molecule has 2 aromatic rings. The molecule has 0 bridgehead atoms. The fourth-order valence-corrected chi connectivity index (χ4v) is 7.06. The van der Waals surface area contributed by atoms with Gasteiger partial charge in [-0.05, 0) is 19.4 Å². The lowest BCUT2D eigenvalue weighted by Crippen LogP contribution is -2.38. The molecule has 7 N–H and O–H groups in total. The molecule has 2 aliphatic heterocycles. The number of rotatable bonds is 24. The largest absolute Gasteiger partial charge is 0.394 e. The van der Waals surface area contributed by atoms with Gasteiger partial charge in [0.05, 0.1) is 18.9 Å². The maximum Gasteiger partial charge on any atom is 0.351 e. The van der Waals surface area contributed by atoms with Crippen LogP contribution in [0.4, 0.5) is 10.2 Å². The molecule has 17 heteroatoms. The van der Waals surface area contributed by atoms with Gasteiger partial charge < -0.3 is 40.3 Å². The molecule has 1 amide bonds. The van der Waals surface area contributed by atoms with Gasteiger partial charge in [-0.25, -0.2) is 9.59 Å². The standard InChI is InChI=1S/C31H55N3O6.C9H11FN2O5/c1-2-3-4-5-6-7-8-9-10-11-12-13-14-15-16-17-18-19-20-21-27(36)32-26-22-23-34(31(39)33-26)30-29(38)28(37)25(24-35)40-30;1-3-5(13)6(14)8(17-3)12-2-4(10)7(15)11-9(12)16/h22-23,25,28-30,35,37-38H,2-21,24H2,1H3,(H,32,33,36,39);2-3,5-6,8,13-14H,1H3,(H,11,15,16)/t25-,28-,29+,30-;3-,5-,6-,8-/m11/s1. The number of aliphatic hydroxyl groups excluding tert-OH is 5. The van der Waals surface area contributed by atoms with Gasteiger partial charge in [0.15, 0.2) is 12.5 Å². The summed E-state index contributed by atoms with van der Waals surface area (Å²) in [6, 6.07) is 1.45. The summed E-state index contributed by atoms with van der Waals surface area (Å²) in [7, 11) is 0. The Bertz CT molecular complexity index is 1640. The van der Waals surface area contributed by atoms with Gasteiger partial charge in [0.25, 0.3) is 5.56 Å². The van der Waals surface area contributed by atoms with Gasteiger partial charge in [-0.15, -0.1) is 0 Å². The first-order chi connectivity index (χ1) is 27.4. The van der Waals surface area contributed by atoms with E-state index < -0.39 is 78.4 Å². The van der Waals surface area contributed by atoms with E-state index in [2.05, 4.69) is 17.2 Å². The SMILES string of the molecule is CCCCCCCCCCCCCCCCCCCCCC(=O)Nc1ccn([C@@H]2O[C@H](CO)[C@@H](O)[C@@H]2O)c(=O)n1.C[C@H]1O[C@@H](n2cc(F)c(=O)[nH]c2=O)[C@H](O)[C@@H]1O. The molecule has 2 fully saturated rings. The number of aromatic nitrogens is 4. The number of unbranched alkanes of at least 4 members (excludes halogenated alkanes) is 18. The summed E-state index contributed by atoms with van der Waals surface area (Å²) < 4.78 is 25.3. The molecule has 2 aliphatic rings. The first-order valence-electron chi connectivity index (χ1n) is 20.9. The average Bonchev–Trinajstić information content (AvgIpc) is 3.61. The van der Waals surface area contributed by atoms with E-state index in [1.165, 1.54) is 122 Å². The molecule has 16 nitrogen and oxygen atoms in total. The number of H-pyrrole nitrogens is 1. The van der Waals surface area contributed by atoms with E-state index in [-0.39, 0.29) is 11.7 Å². The third-order valence-corrected chi connectivity index (χ3v) is 10.6. The summed E-state index contributed by atoms with van der Waals surface area (Å²) in [5.41, 5.74) is -2.79. The normalized spacial score (nSPS) is 24.4. The van der Waals surface area contributed by atoms with Gasteiger partial charge in [-0.1, -0.05) is 122 Å². The Morgan fingerprint density at radius 2 is 1.25 bits per heavy atom. The highest BCUT2D eigenvalue weighted by molar-refractivity contribution is 5.89. The van der Waals surface area contributed by atoms with Crippen LogP contribution < -0.4 is 22.3 Å². The Balaban J connectivity index is 0.000000422.